The molecule has 6 nitrogen and oxygen atoms in total. The third-order valence-corrected chi connectivity index (χ3v) is 4.92. The lowest BCUT2D eigenvalue weighted by Crippen LogP contribution is -2.54. The minimum atomic E-state index is -1.32. The van der Waals surface area contributed by atoms with Gasteiger partial charge in [-0.05, 0) is 35.7 Å². The molecule has 0 spiro atoms. The summed E-state index contributed by atoms with van der Waals surface area (Å²) in [6, 6.07) is 13.5. The van der Waals surface area contributed by atoms with Crippen molar-refractivity contribution in [2.45, 2.75) is 37.9 Å². The second-order valence-electron chi connectivity index (χ2n) is 6.73. The maximum Gasteiger partial charge on any atom is 0.228 e. The Bertz CT molecular complexity index is 916. The standard InChI is InChI=1S/C21H22O6/c1-2-12-3-8-15-16(10-25-18(15)9-12)13-4-6-14(7-5-13)27-21-20(24)19(23)17(22)11-26-21/h3-10,17,19-24H,2,11H2,1H3/t17-,19-,20+,21+/m0/s1. The first kappa shape index (κ1) is 18.0. The predicted octanol–water partition coefficient (Wildman–Crippen LogP) is 2.48. The molecule has 1 aliphatic heterocycles. The third kappa shape index (κ3) is 3.44. The fraction of sp³-hybridized carbons (Fsp3) is 0.333. The number of aliphatic hydroxyl groups is 3. The van der Waals surface area contributed by atoms with Gasteiger partial charge in [0.1, 0.15) is 29.6 Å². The largest absolute Gasteiger partial charge is 0.464 e. The van der Waals surface area contributed by atoms with Crippen LogP contribution in [0, 0.1) is 0 Å². The average molecular weight is 370 g/mol. The molecule has 0 radical (unpaired) electrons. The third-order valence-electron chi connectivity index (χ3n) is 4.92. The molecule has 1 aliphatic rings. The number of rotatable bonds is 4. The Labute approximate surface area is 156 Å². The van der Waals surface area contributed by atoms with Crippen molar-refractivity contribution in [2.24, 2.45) is 0 Å². The summed E-state index contributed by atoms with van der Waals surface area (Å²) < 4.78 is 16.6. The van der Waals surface area contributed by atoms with Crippen LogP contribution in [0.3, 0.4) is 0 Å². The first-order valence-corrected chi connectivity index (χ1v) is 9.00. The van der Waals surface area contributed by atoms with Crippen molar-refractivity contribution in [1.29, 1.82) is 0 Å². The Morgan fingerprint density at radius 2 is 1.81 bits per heavy atom. The maximum absolute atomic E-state index is 9.96. The average Bonchev–Trinajstić information content (AvgIpc) is 3.12. The molecule has 3 aromatic rings. The van der Waals surface area contributed by atoms with E-state index in [1.54, 1.807) is 18.4 Å². The summed E-state index contributed by atoms with van der Waals surface area (Å²) in [5, 5.41) is 30.2. The number of hydrogen-bond donors (Lipinski definition) is 3. The van der Waals surface area contributed by atoms with E-state index in [0.29, 0.717) is 5.75 Å². The first-order valence-electron chi connectivity index (χ1n) is 9.00. The molecule has 0 bridgehead atoms. The highest BCUT2D eigenvalue weighted by Crippen LogP contribution is 2.32. The second kappa shape index (κ2) is 7.32. The summed E-state index contributed by atoms with van der Waals surface area (Å²) in [7, 11) is 0. The van der Waals surface area contributed by atoms with E-state index in [4.69, 9.17) is 13.9 Å². The van der Waals surface area contributed by atoms with E-state index in [-0.39, 0.29) is 6.61 Å². The van der Waals surface area contributed by atoms with Crippen molar-refractivity contribution in [2.75, 3.05) is 6.61 Å². The predicted molar refractivity (Wildman–Crippen MR) is 99.4 cm³/mol. The van der Waals surface area contributed by atoms with Gasteiger partial charge in [-0.1, -0.05) is 31.2 Å². The maximum atomic E-state index is 9.96. The van der Waals surface area contributed by atoms with E-state index in [1.807, 2.05) is 12.1 Å². The van der Waals surface area contributed by atoms with Crippen molar-refractivity contribution >= 4 is 11.0 Å². The van der Waals surface area contributed by atoms with E-state index < -0.39 is 24.6 Å². The number of ether oxygens (including phenoxy) is 2. The Balaban J connectivity index is 1.53. The van der Waals surface area contributed by atoms with Crippen LogP contribution in [0.5, 0.6) is 5.75 Å². The smallest absolute Gasteiger partial charge is 0.228 e. The number of furan rings is 1. The highest BCUT2D eigenvalue weighted by molar-refractivity contribution is 5.94. The van der Waals surface area contributed by atoms with Gasteiger partial charge in [0.15, 0.2) is 0 Å². The fourth-order valence-electron chi connectivity index (χ4n) is 3.25. The summed E-state index contributed by atoms with van der Waals surface area (Å²) >= 11 is 0. The molecule has 142 valence electrons. The Kier molecular flexibility index (Phi) is 4.88. The molecule has 0 aliphatic carbocycles. The highest BCUT2D eigenvalue weighted by atomic mass is 16.7. The van der Waals surface area contributed by atoms with E-state index in [2.05, 4.69) is 25.1 Å². The quantitative estimate of drug-likeness (QED) is 0.653. The van der Waals surface area contributed by atoms with Crippen LogP contribution in [0.25, 0.3) is 22.1 Å². The Morgan fingerprint density at radius 3 is 2.56 bits per heavy atom. The van der Waals surface area contributed by atoms with Gasteiger partial charge in [0.2, 0.25) is 6.29 Å². The van der Waals surface area contributed by atoms with Gasteiger partial charge in [-0.15, -0.1) is 0 Å². The number of fused-ring (bicyclic) bond motifs is 1. The molecule has 1 saturated heterocycles. The van der Waals surface area contributed by atoms with Crippen molar-refractivity contribution in [3.05, 3.63) is 54.3 Å². The first-order chi connectivity index (χ1) is 13.1. The molecule has 6 heteroatoms. The summed E-state index contributed by atoms with van der Waals surface area (Å²) in [6.07, 6.45) is -2.07. The lowest BCUT2D eigenvalue weighted by molar-refractivity contribution is -0.242. The van der Waals surface area contributed by atoms with Crippen LogP contribution in [0.2, 0.25) is 0 Å². The van der Waals surface area contributed by atoms with Crippen LogP contribution in [-0.2, 0) is 11.2 Å². The lowest BCUT2D eigenvalue weighted by atomic mass is 10.0. The van der Waals surface area contributed by atoms with Crippen LogP contribution in [0.15, 0.2) is 53.1 Å². The molecule has 3 N–H and O–H groups in total. The van der Waals surface area contributed by atoms with Gasteiger partial charge in [-0.2, -0.15) is 0 Å². The van der Waals surface area contributed by atoms with E-state index in [9.17, 15) is 15.3 Å². The van der Waals surface area contributed by atoms with Crippen molar-refractivity contribution in [1.82, 2.24) is 0 Å². The molecule has 2 heterocycles. The second-order valence-corrected chi connectivity index (χ2v) is 6.73. The van der Waals surface area contributed by atoms with E-state index in [1.165, 1.54) is 5.56 Å². The zero-order valence-electron chi connectivity index (χ0n) is 14.9. The molecular formula is C21H22O6. The number of hydrogen-bond acceptors (Lipinski definition) is 6. The molecule has 0 saturated carbocycles. The highest BCUT2D eigenvalue weighted by Gasteiger charge is 2.38. The minimum absolute atomic E-state index is 0.0955. The fourth-order valence-corrected chi connectivity index (χ4v) is 3.25. The summed E-state index contributed by atoms with van der Waals surface area (Å²) in [5.74, 6) is 0.493. The topological polar surface area (TPSA) is 92.3 Å². The Morgan fingerprint density at radius 1 is 1.04 bits per heavy atom. The number of aliphatic hydroxyl groups excluding tert-OH is 3. The van der Waals surface area contributed by atoms with Crippen LogP contribution in [-0.4, -0.2) is 46.5 Å². The number of aryl methyl sites for hydroxylation is 1. The molecular weight excluding hydrogens is 348 g/mol. The van der Waals surface area contributed by atoms with Crippen LogP contribution < -0.4 is 4.74 Å². The molecule has 1 fully saturated rings. The normalized spacial score (nSPS) is 25.6. The molecule has 1 aromatic heterocycles. The Hall–Kier alpha value is -2.38. The summed E-state index contributed by atoms with van der Waals surface area (Å²) in [6.45, 7) is 2.01. The van der Waals surface area contributed by atoms with Gasteiger partial charge in [0, 0.05) is 10.9 Å². The van der Waals surface area contributed by atoms with Gasteiger partial charge >= 0.3 is 0 Å². The van der Waals surface area contributed by atoms with Crippen LogP contribution >= 0.6 is 0 Å². The van der Waals surface area contributed by atoms with Crippen LogP contribution in [0.4, 0.5) is 0 Å². The van der Waals surface area contributed by atoms with Crippen molar-refractivity contribution in [3.8, 4) is 16.9 Å². The number of benzene rings is 2. The summed E-state index contributed by atoms with van der Waals surface area (Å²) in [5.41, 5.74) is 4.05. The lowest BCUT2D eigenvalue weighted by Gasteiger charge is -2.34. The van der Waals surface area contributed by atoms with Crippen molar-refractivity contribution < 1.29 is 29.2 Å². The van der Waals surface area contributed by atoms with Gasteiger partial charge in [0.05, 0.1) is 12.9 Å². The molecule has 0 unspecified atom stereocenters. The molecule has 4 rings (SSSR count). The molecule has 4 atom stereocenters. The summed E-state index contributed by atoms with van der Waals surface area (Å²) in [4.78, 5) is 0. The molecule has 27 heavy (non-hydrogen) atoms. The SMILES string of the molecule is CCc1ccc2c(-c3ccc(O[C@H]4OC[C@H](O)[C@H](O)[C@H]4O)cc3)coc2c1. The van der Waals surface area contributed by atoms with Crippen molar-refractivity contribution in [3.63, 3.8) is 0 Å². The van der Waals surface area contributed by atoms with Gasteiger partial charge in [-0.3, -0.25) is 0 Å². The van der Waals surface area contributed by atoms with Gasteiger partial charge in [-0.25, -0.2) is 0 Å². The zero-order chi connectivity index (χ0) is 19.0. The minimum Gasteiger partial charge on any atom is -0.464 e. The van der Waals surface area contributed by atoms with Gasteiger partial charge in [0.25, 0.3) is 0 Å². The van der Waals surface area contributed by atoms with Gasteiger partial charge < -0.3 is 29.2 Å². The monoisotopic (exact) mass is 370 g/mol. The molecule has 0 amide bonds. The molecule has 2 aromatic carbocycles. The van der Waals surface area contributed by atoms with Crippen LogP contribution in [0.1, 0.15) is 12.5 Å². The zero-order valence-corrected chi connectivity index (χ0v) is 14.9. The van der Waals surface area contributed by atoms with E-state index >= 15 is 0 Å². The van der Waals surface area contributed by atoms with E-state index in [0.717, 1.165) is 28.5 Å².